The van der Waals surface area contributed by atoms with Crippen LogP contribution in [-0.2, 0) is 0 Å². The molecule has 0 fully saturated rings. The molecule has 1 aliphatic carbocycles. The van der Waals surface area contributed by atoms with E-state index < -0.39 is 0 Å². The van der Waals surface area contributed by atoms with E-state index in [1.54, 1.807) is 5.57 Å². The summed E-state index contributed by atoms with van der Waals surface area (Å²) in [5, 5.41) is 0. The second kappa shape index (κ2) is 3.23. The molecule has 0 bridgehead atoms. The molecule has 0 spiro atoms. The first-order valence-corrected chi connectivity index (χ1v) is 4.34. The summed E-state index contributed by atoms with van der Waals surface area (Å²) in [6.07, 6.45) is 6.50. The lowest BCUT2D eigenvalue weighted by Crippen LogP contribution is -1.99. The van der Waals surface area contributed by atoms with Crippen molar-refractivity contribution in [1.29, 1.82) is 0 Å². The van der Waals surface area contributed by atoms with Crippen molar-refractivity contribution < 1.29 is 0 Å². The van der Waals surface area contributed by atoms with E-state index in [2.05, 4.69) is 26.8 Å². The quantitative estimate of drug-likeness (QED) is 0.513. The van der Waals surface area contributed by atoms with Gasteiger partial charge in [0.25, 0.3) is 0 Å². The molecule has 0 aromatic carbocycles. The molecule has 0 saturated heterocycles. The van der Waals surface area contributed by atoms with E-state index in [0.717, 1.165) is 11.8 Å². The molecule has 1 atom stereocenters. The Morgan fingerprint density at radius 1 is 1.60 bits per heavy atom. The fourth-order valence-electron chi connectivity index (χ4n) is 1.84. The maximum atomic E-state index is 2.40. The molecule has 0 heterocycles. The zero-order valence-electron chi connectivity index (χ0n) is 7.35. The summed E-state index contributed by atoms with van der Waals surface area (Å²) in [7, 11) is 0. The lowest BCUT2D eigenvalue weighted by molar-refractivity contribution is 0.427. The van der Waals surface area contributed by atoms with Gasteiger partial charge < -0.3 is 0 Å². The molecule has 1 rings (SSSR count). The second-order valence-electron chi connectivity index (χ2n) is 3.99. The lowest BCUT2D eigenvalue weighted by Gasteiger charge is -2.11. The molecule has 0 heteroatoms. The summed E-state index contributed by atoms with van der Waals surface area (Å²) in [5.41, 5.74) is 1.60. The Labute approximate surface area is 64.3 Å². The molecule has 0 radical (unpaired) electrons. The van der Waals surface area contributed by atoms with E-state index in [1.807, 2.05) is 0 Å². The minimum Gasteiger partial charge on any atom is -0.0853 e. The van der Waals surface area contributed by atoms with E-state index in [-0.39, 0.29) is 0 Å². The summed E-state index contributed by atoms with van der Waals surface area (Å²) >= 11 is 0. The highest BCUT2D eigenvalue weighted by atomic mass is 14.2. The third kappa shape index (κ3) is 2.17. The molecule has 0 aliphatic heterocycles. The van der Waals surface area contributed by atoms with Crippen molar-refractivity contribution in [3.05, 3.63) is 11.6 Å². The Kier molecular flexibility index (Phi) is 2.53. The standard InChI is InChI=1S/C10H18/c1-8(2)6-10-5-4-9(3)7-10/h4,8,10H,5-7H2,1-3H3. The summed E-state index contributed by atoms with van der Waals surface area (Å²) in [6.45, 7) is 6.88. The van der Waals surface area contributed by atoms with E-state index in [9.17, 15) is 0 Å². The summed E-state index contributed by atoms with van der Waals surface area (Å²) in [5.74, 6) is 1.85. The van der Waals surface area contributed by atoms with Crippen LogP contribution in [0.5, 0.6) is 0 Å². The van der Waals surface area contributed by atoms with Crippen LogP contribution in [0.3, 0.4) is 0 Å². The minimum absolute atomic E-state index is 0.879. The Bertz CT molecular complexity index is 131. The Morgan fingerprint density at radius 3 is 2.70 bits per heavy atom. The highest BCUT2D eigenvalue weighted by Gasteiger charge is 2.14. The average Bonchev–Trinajstić information content (AvgIpc) is 2.13. The van der Waals surface area contributed by atoms with E-state index in [1.165, 1.54) is 19.3 Å². The fourth-order valence-corrected chi connectivity index (χ4v) is 1.84. The molecule has 0 nitrogen and oxygen atoms in total. The van der Waals surface area contributed by atoms with Crippen molar-refractivity contribution in [3.8, 4) is 0 Å². The zero-order chi connectivity index (χ0) is 7.56. The van der Waals surface area contributed by atoms with Crippen LogP contribution in [0.4, 0.5) is 0 Å². The van der Waals surface area contributed by atoms with Gasteiger partial charge in [0.1, 0.15) is 0 Å². The molecule has 0 amide bonds. The van der Waals surface area contributed by atoms with Gasteiger partial charge in [0.15, 0.2) is 0 Å². The van der Waals surface area contributed by atoms with Crippen molar-refractivity contribution in [2.24, 2.45) is 11.8 Å². The lowest BCUT2D eigenvalue weighted by atomic mass is 9.94. The van der Waals surface area contributed by atoms with Crippen molar-refractivity contribution in [2.45, 2.75) is 40.0 Å². The fraction of sp³-hybridized carbons (Fsp3) is 0.800. The molecule has 0 N–H and O–H groups in total. The highest BCUT2D eigenvalue weighted by Crippen LogP contribution is 2.29. The second-order valence-corrected chi connectivity index (χ2v) is 3.99. The van der Waals surface area contributed by atoms with Crippen molar-refractivity contribution >= 4 is 0 Å². The molecule has 10 heavy (non-hydrogen) atoms. The van der Waals surface area contributed by atoms with Gasteiger partial charge in [0, 0.05) is 0 Å². The van der Waals surface area contributed by atoms with E-state index in [4.69, 9.17) is 0 Å². The van der Waals surface area contributed by atoms with Crippen LogP contribution in [0, 0.1) is 11.8 Å². The van der Waals surface area contributed by atoms with Gasteiger partial charge in [-0.3, -0.25) is 0 Å². The molecule has 1 unspecified atom stereocenters. The Balaban J connectivity index is 2.23. The van der Waals surface area contributed by atoms with Gasteiger partial charge in [-0.05, 0) is 38.0 Å². The van der Waals surface area contributed by atoms with Crippen molar-refractivity contribution in [2.75, 3.05) is 0 Å². The minimum atomic E-state index is 0.879. The number of hydrogen-bond acceptors (Lipinski definition) is 0. The Morgan fingerprint density at radius 2 is 2.30 bits per heavy atom. The van der Waals surface area contributed by atoms with Crippen LogP contribution in [0.1, 0.15) is 40.0 Å². The van der Waals surface area contributed by atoms with Gasteiger partial charge in [-0.2, -0.15) is 0 Å². The van der Waals surface area contributed by atoms with Crippen molar-refractivity contribution in [3.63, 3.8) is 0 Å². The molecular weight excluding hydrogens is 120 g/mol. The zero-order valence-corrected chi connectivity index (χ0v) is 7.35. The first-order valence-electron chi connectivity index (χ1n) is 4.34. The van der Waals surface area contributed by atoms with Crippen LogP contribution in [0.2, 0.25) is 0 Å². The van der Waals surface area contributed by atoms with Crippen molar-refractivity contribution in [1.82, 2.24) is 0 Å². The molecule has 58 valence electrons. The number of hydrogen-bond donors (Lipinski definition) is 0. The molecule has 0 aromatic heterocycles. The average molecular weight is 138 g/mol. The van der Waals surface area contributed by atoms with Crippen LogP contribution >= 0.6 is 0 Å². The number of rotatable bonds is 2. The normalized spacial score (nSPS) is 25.6. The predicted octanol–water partition coefficient (Wildman–Crippen LogP) is 3.39. The topological polar surface area (TPSA) is 0 Å². The first kappa shape index (κ1) is 7.84. The SMILES string of the molecule is CC1=CCC(CC(C)C)C1. The van der Waals surface area contributed by atoms with Crippen LogP contribution < -0.4 is 0 Å². The number of allylic oxidation sites excluding steroid dienone is 2. The Hall–Kier alpha value is -0.260. The van der Waals surface area contributed by atoms with Gasteiger partial charge in [-0.15, -0.1) is 0 Å². The van der Waals surface area contributed by atoms with E-state index in [0.29, 0.717) is 0 Å². The first-order chi connectivity index (χ1) is 4.68. The largest absolute Gasteiger partial charge is 0.0853 e. The van der Waals surface area contributed by atoms with Crippen LogP contribution in [0.15, 0.2) is 11.6 Å². The summed E-state index contributed by atoms with van der Waals surface area (Å²) < 4.78 is 0. The maximum absolute atomic E-state index is 2.40. The molecule has 0 aromatic rings. The van der Waals surface area contributed by atoms with Gasteiger partial charge in [0.05, 0.1) is 0 Å². The highest BCUT2D eigenvalue weighted by molar-refractivity contribution is 5.06. The van der Waals surface area contributed by atoms with Gasteiger partial charge >= 0.3 is 0 Å². The smallest absolute Gasteiger partial charge is 0.0292 e. The summed E-state index contributed by atoms with van der Waals surface area (Å²) in [6, 6.07) is 0. The third-order valence-corrected chi connectivity index (χ3v) is 2.22. The maximum Gasteiger partial charge on any atom is -0.0292 e. The van der Waals surface area contributed by atoms with E-state index >= 15 is 0 Å². The van der Waals surface area contributed by atoms with Gasteiger partial charge in [-0.25, -0.2) is 0 Å². The third-order valence-electron chi connectivity index (χ3n) is 2.22. The van der Waals surface area contributed by atoms with Gasteiger partial charge in [0.2, 0.25) is 0 Å². The molecular formula is C10H18. The van der Waals surface area contributed by atoms with Crippen LogP contribution in [-0.4, -0.2) is 0 Å². The van der Waals surface area contributed by atoms with Gasteiger partial charge in [-0.1, -0.05) is 25.5 Å². The predicted molar refractivity (Wildman–Crippen MR) is 45.9 cm³/mol. The molecule has 1 aliphatic rings. The monoisotopic (exact) mass is 138 g/mol. The molecule has 0 saturated carbocycles. The summed E-state index contributed by atoms with van der Waals surface area (Å²) in [4.78, 5) is 0. The van der Waals surface area contributed by atoms with Crippen LogP contribution in [0.25, 0.3) is 0 Å².